The summed E-state index contributed by atoms with van der Waals surface area (Å²) in [6, 6.07) is 12.6. The van der Waals surface area contributed by atoms with Gasteiger partial charge in [0.25, 0.3) is 11.6 Å². The molecule has 148 valence electrons. The summed E-state index contributed by atoms with van der Waals surface area (Å²) in [6.45, 7) is 5.71. The van der Waals surface area contributed by atoms with Gasteiger partial charge < -0.3 is 10.1 Å². The number of para-hydroxylation sites is 1. The number of nitrogens with one attached hydrogen (secondary N) is 1. The topological polar surface area (TPSA) is 98.5 Å². The Morgan fingerprint density at radius 1 is 1.14 bits per heavy atom. The summed E-state index contributed by atoms with van der Waals surface area (Å²) in [6.07, 6.45) is 0.654. The number of hydrogen-bond donors (Lipinski definition) is 1. The standard InChI is InChI=1S/C21H24N2O5/c1-14(2)17-9-7-16(8-10-17)11-12-22-19(24)13-28-21(25)18-6-4-5-15(3)20(18)23(26)27/h4-10,14H,11-13H2,1-3H3,(H,22,24). The Morgan fingerprint density at radius 3 is 2.43 bits per heavy atom. The number of ether oxygens (including phenoxy) is 1. The maximum Gasteiger partial charge on any atom is 0.345 e. The number of nitro benzene ring substituents is 1. The lowest BCUT2D eigenvalue weighted by Crippen LogP contribution is -2.30. The molecule has 0 bridgehead atoms. The minimum absolute atomic E-state index is 0.164. The van der Waals surface area contributed by atoms with E-state index in [1.807, 2.05) is 12.1 Å². The number of rotatable bonds is 8. The van der Waals surface area contributed by atoms with Crippen molar-refractivity contribution in [3.8, 4) is 0 Å². The van der Waals surface area contributed by atoms with Gasteiger partial charge in [0.05, 0.1) is 4.92 Å². The Kier molecular flexibility index (Phi) is 7.26. The first-order chi connectivity index (χ1) is 13.3. The van der Waals surface area contributed by atoms with Gasteiger partial charge in [0.15, 0.2) is 6.61 Å². The summed E-state index contributed by atoms with van der Waals surface area (Å²) in [7, 11) is 0. The van der Waals surface area contributed by atoms with Crippen molar-refractivity contribution in [1.29, 1.82) is 0 Å². The number of aryl methyl sites for hydroxylation is 1. The fourth-order valence-corrected chi connectivity index (χ4v) is 2.74. The fourth-order valence-electron chi connectivity index (χ4n) is 2.74. The van der Waals surface area contributed by atoms with E-state index >= 15 is 0 Å². The average molecular weight is 384 g/mol. The highest BCUT2D eigenvalue weighted by Gasteiger charge is 2.24. The lowest BCUT2D eigenvalue weighted by atomic mass is 10.0. The molecule has 0 aromatic heterocycles. The van der Waals surface area contributed by atoms with Crippen molar-refractivity contribution in [2.75, 3.05) is 13.2 Å². The van der Waals surface area contributed by atoms with Crippen molar-refractivity contribution in [3.63, 3.8) is 0 Å². The van der Waals surface area contributed by atoms with E-state index in [1.165, 1.54) is 30.7 Å². The third-order valence-electron chi connectivity index (χ3n) is 4.36. The van der Waals surface area contributed by atoms with Crippen LogP contribution >= 0.6 is 0 Å². The van der Waals surface area contributed by atoms with Gasteiger partial charge >= 0.3 is 5.97 Å². The molecule has 0 aliphatic carbocycles. The molecule has 2 rings (SSSR count). The Balaban J connectivity index is 1.82. The van der Waals surface area contributed by atoms with Crippen LogP contribution in [0.4, 0.5) is 5.69 Å². The molecular formula is C21H24N2O5. The molecule has 0 unspecified atom stereocenters. The SMILES string of the molecule is Cc1cccc(C(=O)OCC(=O)NCCc2ccc(C(C)C)cc2)c1[N+](=O)[O-]. The highest BCUT2D eigenvalue weighted by molar-refractivity contribution is 5.95. The molecule has 0 saturated heterocycles. The van der Waals surface area contributed by atoms with Crippen molar-refractivity contribution in [1.82, 2.24) is 5.32 Å². The molecule has 0 atom stereocenters. The van der Waals surface area contributed by atoms with Crippen LogP contribution in [-0.4, -0.2) is 30.0 Å². The van der Waals surface area contributed by atoms with Gasteiger partial charge in [0.1, 0.15) is 5.56 Å². The van der Waals surface area contributed by atoms with E-state index in [9.17, 15) is 19.7 Å². The van der Waals surface area contributed by atoms with Crippen molar-refractivity contribution >= 4 is 17.6 Å². The van der Waals surface area contributed by atoms with E-state index in [-0.39, 0.29) is 11.3 Å². The molecule has 0 saturated carbocycles. The minimum atomic E-state index is -0.894. The lowest BCUT2D eigenvalue weighted by molar-refractivity contribution is -0.385. The minimum Gasteiger partial charge on any atom is -0.452 e. The molecule has 0 aliphatic heterocycles. The molecule has 0 spiro atoms. The number of carbonyl (C=O) groups is 2. The molecule has 0 aliphatic rings. The molecule has 1 N–H and O–H groups in total. The van der Waals surface area contributed by atoms with Crippen LogP contribution < -0.4 is 5.32 Å². The molecule has 1 amide bonds. The lowest BCUT2D eigenvalue weighted by Gasteiger charge is -2.09. The third-order valence-corrected chi connectivity index (χ3v) is 4.36. The monoisotopic (exact) mass is 384 g/mol. The van der Waals surface area contributed by atoms with Gasteiger partial charge in [0.2, 0.25) is 0 Å². The van der Waals surface area contributed by atoms with Gasteiger partial charge in [-0.3, -0.25) is 14.9 Å². The van der Waals surface area contributed by atoms with E-state index in [1.54, 1.807) is 0 Å². The number of hydrogen-bond acceptors (Lipinski definition) is 5. The van der Waals surface area contributed by atoms with Crippen LogP contribution in [0.1, 0.15) is 46.8 Å². The van der Waals surface area contributed by atoms with Crippen LogP contribution in [0.25, 0.3) is 0 Å². The molecule has 0 radical (unpaired) electrons. The summed E-state index contributed by atoms with van der Waals surface area (Å²) in [4.78, 5) is 34.5. The van der Waals surface area contributed by atoms with E-state index in [0.717, 1.165) is 5.56 Å². The Hall–Kier alpha value is -3.22. The summed E-state index contributed by atoms with van der Waals surface area (Å²) >= 11 is 0. The van der Waals surface area contributed by atoms with Gasteiger partial charge in [-0.15, -0.1) is 0 Å². The zero-order valence-corrected chi connectivity index (χ0v) is 16.2. The number of carbonyl (C=O) groups excluding carboxylic acids is 2. The largest absolute Gasteiger partial charge is 0.452 e. The zero-order valence-electron chi connectivity index (χ0n) is 16.2. The second-order valence-electron chi connectivity index (χ2n) is 6.80. The van der Waals surface area contributed by atoms with Gasteiger partial charge in [-0.05, 0) is 36.5 Å². The van der Waals surface area contributed by atoms with Gasteiger partial charge in [0, 0.05) is 12.1 Å². The van der Waals surface area contributed by atoms with Crippen LogP contribution in [0.3, 0.4) is 0 Å². The van der Waals surface area contributed by atoms with Gasteiger partial charge in [-0.2, -0.15) is 0 Å². The molecule has 7 heteroatoms. The van der Waals surface area contributed by atoms with Crippen LogP contribution in [0.5, 0.6) is 0 Å². The highest BCUT2D eigenvalue weighted by atomic mass is 16.6. The predicted octanol–water partition coefficient (Wildman–Crippen LogP) is 3.54. The van der Waals surface area contributed by atoms with Gasteiger partial charge in [-0.25, -0.2) is 4.79 Å². The van der Waals surface area contributed by atoms with E-state index < -0.39 is 23.4 Å². The normalized spacial score (nSPS) is 10.6. The van der Waals surface area contributed by atoms with Crippen LogP contribution in [0, 0.1) is 17.0 Å². The maximum absolute atomic E-state index is 12.1. The smallest absolute Gasteiger partial charge is 0.345 e. The van der Waals surface area contributed by atoms with Crippen molar-refractivity contribution < 1.29 is 19.2 Å². The summed E-state index contributed by atoms with van der Waals surface area (Å²) in [5.74, 6) is -0.884. The quantitative estimate of drug-likeness (QED) is 0.426. The molecule has 0 heterocycles. The second-order valence-corrected chi connectivity index (χ2v) is 6.80. The van der Waals surface area contributed by atoms with Gasteiger partial charge in [-0.1, -0.05) is 50.2 Å². The average Bonchev–Trinajstić information content (AvgIpc) is 2.66. The van der Waals surface area contributed by atoms with Crippen molar-refractivity contribution in [2.24, 2.45) is 0 Å². The molecule has 28 heavy (non-hydrogen) atoms. The first kappa shape index (κ1) is 21.1. The van der Waals surface area contributed by atoms with Crippen molar-refractivity contribution in [2.45, 2.75) is 33.1 Å². The summed E-state index contributed by atoms with van der Waals surface area (Å²) in [5.41, 5.74) is 2.23. The first-order valence-electron chi connectivity index (χ1n) is 9.06. The fraction of sp³-hybridized carbons (Fsp3) is 0.333. The molecule has 2 aromatic carbocycles. The van der Waals surface area contributed by atoms with Crippen molar-refractivity contribution in [3.05, 3.63) is 74.8 Å². The summed E-state index contributed by atoms with van der Waals surface area (Å²) in [5, 5.41) is 13.8. The third kappa shape index (κ3) is 5.64. The molecule has 7 nitrogen and oxygen atoms in total. The number of esters is 1. The summed E-state index contributed by atoms with van der Waals surface area (Å²) < 4.78 is 4.93. The molecule has 2 aromatic rings. The number of benzene rings is 2. The van der Waals surface area contributed by atoms with E-state index in [0.29, 0.717) is 24.4 Å². The number of nitro groups is 1. The number of amides is 1. The molecule has 0 fully saturated rings. The number of nitrogens with zero attached hydrogens (tertiary/aromatic N) is 1. The Bertz CT molecular complexity index is 860. The first-order valence-corrected chi connectivity index (χ1v) is 9.06. The zero-order chi connectivity index (χ0) is 20.7. The van der Waals surface area contributed by atoms with Crippen LogP contribution in [0.2, 0.25) is 0 Å². The highest BCUT2D eigenvalue weighted by Crippen LogP contribution is 2.23. The van der Waals surface area contributed by atoms with Crippen LogP contribution in [0.15, 0.2) is 42.5 Å². The molecular weight excluding hydrogens is 360 g/mol. The second kappa shape index (κ2) is 9.64. The van der Waals surface area contributed by atoms with E-state index in [4.69, 9.17) is 4.74 Å². The van der Waals surface area contributed by atoms with Crippen LogP contribution in [-0.2, 0) is 16.0 Å². The predicted molar refractivity (Wildman–Crippen MR) is 105 cm³/mol. The Labute approximate surface area is 163 Å². The Morgan fingerprint density at radius 2 is 1.82 bits per heavy atom. The van der Waals surface area contributed by atoms with E-state index in [2.05, 4.69) is 31.3 Å². The maximum atomic E-state index is 12.1.